The maximum atomic E-state index is 2.30. The first-order valence-corrected chi connectivity index (χ1v) is 13.0. The van der Waals surface area contributed by atoms with E-state index < -0.39 is 0 Å². The van der Waals surface area contributed by atoms with E-state index in [1.807, 2.05) is 11.3 Å². The molecule has 36 heavy (non-hydrogen) atoms. The number of thiophene rings is 1. The molecule has 7 aromatic rings. The van der Waals surface area contributed by atoms with E-state index in [2.05, 4.69) is 144 Å². The highest BCUT2D eigenvalue weighted by Crippen LogP contribution is 2.43. The molecule has 0 aliphatic heterocycles. The molecule has 0 radical (unpaired) electrons. The first kappa shape index (κ1) is 20.9. The fourth-order valence-electron chi connectivity index (χ4n) is 5.19. The van der Waals surface area contributed by atoms with Gasteiger partial charge in [-0.3, -0.25) is 0 Å². The standard InChI is InChI=1S/C34H23NS/c1-3-11-26(12-4-1)35(27-13-5-2-6-14-27)28-21-18-25(19-22-28)30-16-9-17-31-33-29-15-8-7-10-24(29)20-23-32(33)36-34(30)31/h1-23H. The van der Waals surface area contributed by atoms with E-state index in [1.54, 1.807) is 0 Å². The van der Waals surface area contributed by atoms with Gasteiger partial charge in [0.2, 0.25) is 0 Å². The van der Waals surface area contributed by atoms with Crippen LogP contribution >= 0.6 is 11.3 Å². The molecule has 0 aliphatic rings. The van der Waals surface area contributed by atoms with Gasteiger partial charge >= 0.3 is 0 Å². The van der Waals surface area contributed by atoms with Crippen LogP contribution in [0.1, 0.15) is 0 Å². The zero-order valence-electron chi connectivity index (χ0n) is 19.6. The lowest BCUT2D eigenvalue weighted by molar-refractivity contribution is 1.28. The van der Waals surface area contributed by atoms with Gasteiger partial charge in [0.05, 0.1) is 0 Å². The van der Waals surface area contributed by atoms with Gasteiger partial charge in [-0.25, -0.2) is 0 Å². The van der Waals surface area contributed by atoms with E-state index in [9.17, 15) is 0 Å². The summed E-state index contributed by atoms with van der Waals surface area (Å²) in [6.07, 6.45) is 0. The van der Waals surface area contributed by atoms with E-state index in [-0.39, 0.29) is 0 Å². The van der Waals surface area contributed by atoms with Crippen molar-refractivity contribution in [2.75, 3.05) is 4.90 Å². The summed E-state index contributed by atoms with van der Waals surface area (Å²) in [7, 11) is 0. The number of benzene rings is 6. The number of rotatable bonds is 4. The number of hydrogen-bond donors (Lipinski definition) is 0. The highest BCUT2D eigenvalue weighted by Gasteiger charge is 2.15. The summed E-state index contributed by atoms with van der Waals surface area (Å²) in [6.45, 7) is 0. The summed E-state index contributed by atoms with van der Waals surface area (Å²) < 4.78 is 2.69. The minimum atomic E-state index is 1.14. The largest absolute Gasteiger partial charge is 0.311 e. The van der Waals surface area contributed by atoms with E-state index >= 15 is 0 Å². The summed E-state index contributed by atoms with van der Waals surface area (Å²) in [4.78, 5) is 2.30. The fraction of sp³-hybridized carbons (Fsp3) is 0. The number of fused-ring (bicyclic) bond motifs is 5. The zero-order valence-corrected chi connectivity index (χ0v) is 20.5. The quantitative estimate of drug-likeness (QED) is 0.244. The van der Waals surface area contributed by atoms with Crippen molar-refractivity contribution in [2.24, 2.45) is 0 Å². The molecule has 0 bridgehead atoms. The Balaban J connectivity index is 1.36. The summed E-state index contributed by atoms with van der Waals surface area (Å²) in [5, 5.41) is 5.32. The van der Waals surface area contributed by atoms with Crippen molar-refractivity contribution < 1.29 is 0 Å². The van der Waals surface area contributed by atoms with Gasteiger partial charge in [0.15, 0.2) is 0 Å². The van der Waals surface area contributed by atoms with E-state index in [0.717, 1.165) is 17.1 Å². The number of anilines is 3. The second kappa shape index (κ2) is 8.67. The molecule has 170 valence electrons. The summed E-state index contributed by atoms with van der Waals surface area (Å²) in [5.41, 5.74) is 5.96. The highest BCUT2D eigenvalue weighted by molar-refractivity contribution is 7.26. The van der Waals surface area contributed by atoms with Crippen LogP contribution in [0.5, 0.6) is 0 Å². The molecule has 0 N–H and O–H groups in total. The average Bonchev–Trinajstić information content (AvgIpc) is 3.34. The molecular weight excluding hydrogens is 454 g/mol. The Bertz CT molecular complexity index is 1780. The van der Waals surface area contributed by atoms with Crippen LogP contribution in [0.3, 0.4) is 0 Å². The van der Waals surface area contributed by atoms with Crippen LogP contribution in [0.25, 0.3) is 42.1 Å². The van der Waals surface area contributed by atoms with Gasteiger partial charge in [-0.1, -0.05) is 97.1 Å². The molecular formula is C34H23NS. The first-order valence-electron chi connectivity index (χ1n) is 12.2. The van der Waals surface area contributed by atoms with Crippen molar-refractivity contribution >= 4 is 59.3 Å². The summed E-state index contributed by atoms with van der Waals surface area (Å²) in [6, 6.07) is 50.0. The van der Waals surface area contributed by atoms with Gasteiger partial charge < -0.3 is 4.90 Å². The minimum absolute atomic E-state index is 1.14. The molecule has 7 rings (SSSR count). The molecule has 0 unspecified atom stereocenters. The topological polar surface area (TPSA) is 3.24 Å². The van der Waals surface area contributed by atoms with Gasteiger partial charge in [-0.2, -0.15) is 0 Å². The molecule has 0 atom stereocenters. The van der Waals surface area contributed by atoms with Gasteiger partial charge in [0.1, 0.15) is 0 Å². The Kier molecular flexibility index (Phi) is 5.04. The second-order valence-corrected chi connectivity index (χ2v) is 10.0. The van der Waals surface area contributed by atoms with Crippen molar-refractivity contribution in [1.29, 1.82) is 0 Å². The molecule has 6 aromatic carbocycles. The van der Waals surface area contributed by atoms with Gasteiger partial charge in [-0.15, -0.1) is 11.3 Å². The lowest BCUT2D eigenvalue weighted by Gasteiger charge is -2.25. The molecule has 1 heterocycles. The molecule has 1 aromatic heterocycles. The second-order valence-electron chi connectivity index (χ2n) is 9.00. The smallest absolute Gasteiger partial charge is 0.0462 e. The van der Waals surface area contributed by atoms with Crippen molar-refractivity contribution in [3.8, 4) is 11.1 Å². The Labute approximate surface area is 214 Å². The van der Waals surface area contributed by atoms with Crippen molar-refractivity contribution in [3.63, 3.8) is 0 Å². The molecule has 0 saturated carbocycles. The number of hydrogen-bond acceptors (Lipinski definition) is 2. The molecule has 0 fully saturated rings. The lowest BCUT2D eigenvalue weighted by Crippen LogP contribution is -2.09. The third-order valence-electron chi connectivity index (χ3n) is 6.85. The minimum Gasteiger partial charge on any atom is -0.311 e. The maximum Gasteiger partial charge on any atom is 0.0462 e. The van der Waals surface area contributed by atoms with Gasteiger partial charge in [-0.05, 0) is 64.4 Å². The fourth-order valence-corrected chi connectivity index (χ4v) is 6.44. The van der Waals surface area contributed by atoms with E-state index in [0.29, 0.717) is 0 Å². The van der Waals surface area contributed by atoms with E-state index in [4.69, 9.17) is 0 Å². The molecule has 0 spiro atoms. The van der Waals surface area contributed by atoms with Crippen molar-refractivity contribution in [2.45, 2.75) is 0 Å². The van der Waals surface area contributed by atoms with Crippen LogP contribution in [-0.4, -0.2) is 0 Å². The first-order chi connectivity index (χ1) is 17.9. The predicted octanol–water partition coefficient (Wildman–Crippen LogP) is 10.3. The molecule has 0 aliphatic carbocycles. The molecule has 0 saturated heterocycles. The Morgan fingerprint density at radius 2 is 1.06 bits per heavy atom. The average molecular weight is 478 g/mol. The number of para-hydroxylation sites is 2. The Morgan fingerprint density at radius 1 is 0.444 bits per heavy atom. The SMILES string of the molecule is c1ccc(N(c2ccccc2)c2ccc(-c3cccc4c3sc3ccc5ccccc5c34)cc2)cc1. The molecule has 1 nitrogen and oxygen atoms in total. The third kappa shape index (κ3) is 3.46. The maximum absolute atomic E-state index is 2.30. The third-order valence-corrected chi connectivity index (χ3v) is 8.06. The van der Waals surface area contributed by atoms with Crippen molar-refractivity contribution in [3.05, 3.63) is 140 Å². The van der Waals surface area contributed by atoms with Crippen LogP contribution in [-0.2, 0) is 0 Å². The van der Waals surface area contributed by atoms with Crippen LogP contribution in [0.4, 0.5) is 17.1 Å². The molecule has 0 amide bonds. The Morgan fingerprint density at radius 3 is 1.78 bits per heavy atom. The van der Waals surface area contributed by atoms with Crippen LogP contribution in [0, 0.1) is 0 Å². The molecule has 2 heteroatoms. The normalized spacial score (nSPS) is 11.3. The number of nitrogens with zero attached hydrogens (tertiary/aromatic N) is 1. The summed E-state index contributed by atoms with van der Waals surface area (Å²) >= 11 is 1.89. The van der Waals surface area contributed by atoms with E-state index in [1.165, 1.54) is 42.1 Å². The summed E-state index contributed by atoms with van der Waals surface area (Å²) in [5.74, 6) is 0. The van der Waals surface area contributed by atoms with Gasteiger partial charge in [0.25, 0.3) is 0 Å². The van der Waals surface area contributed by atoms with Crippen LogP contribution in [0.2, 0.25) is 0 Å². The monoisotopic (exact) mass is 477 g/mol. The van der Waals surface area contributed by atoms with Gasteiger partial charge in [0, 0.05) is 37.2 Å². The highest BCUT2D eigenvalue weighted by atomic mass is 32.1. The van der Waals surface area contributed by atoms with Crippen LogP contribution < -0.4 is 4.90 Å². The Hall–Kier alpha value is -4.40. The lowest BCUT2D eigenvalue weighted by atomic mass is 10.00. The van der Waals surface area contributed by atoms with Crippen LogP contribution in [0.15, 0.2) is 140 Å². The predicted molar refractivity (Wildman–Crippen MR) is 157 cm³/mol. The zero-order chi connectivity index (χ0) is 23.9. The van der Waals surface area contributed by atoms with Crippen molar-refractivity contribution in [1.82, 2.24) is 0 Å².